The van der Waals surface area contributed by atoms with Gasteiger partial charge in [0.15, 0.2) is 10.2 Å². The Morgan fingerprint density at radius 1 is 1.31 bits per heavy atom. The van der Waals surface area contributed by atoms with Crippen LogP contribution in [0.2, 0.25) is 0 Å². The molecule has 2 heterocycles. The van der Waals surface area contributed by atoms with E-state index in [-0.39, 0.29) is 0 Å². The molecule has 0 unspecified atom stereocenters. The summed E-state index contributed by atoms with van der Waals surface area (Å²) in [6, 6.07) is 8.11. The first-order valence-electron chi connectivity index (χ1n) is 4.62. The number of hydrogen-bond acceptors (Lipinski definition) is 6. The van der Waals surface area contributed by atoms with Crippen LogP contribution in [0.15, 0.2) is 28.6 Å². The van der Waals surface area contributed by atoms with Gasteiger partial charge in [-0.2, -0.15) is 5.21 Å². The van der Waals surface area contributed by atoms with Crippen molar-refractivity contribution in [1.82, 2.24) is 25.6 Å². The van der Waals surface area contributed by atoms with Gasteiger partial charge in [-0.3, -0.25) is 0 Å². The molecule has 0 aliphatic carbocycles. The molecule has 7 heteroatoms. The summed E-state index contributed by atoms with van der Waals surface area (Å²) in [5.74, 6) is 1.39. The molecule has 1 aromatic carbocycles. The number of thiazole rings is 1. The lowest BCUT2D eigenvalue weighted by Gasteiger charge is -1.89. The SMILES string of the molecule is c1ccc2sc(SCc3nn[nH]n3)nc2c1. The number of tetrazole rings is 1. The van der Waals surface area contributed by atoms with Crippen LogP contribution in [0.3, 0.4) is 0 Å². The Morgan fingerprint density at radius 2 is 2.25 bits per heavy atom. The zero-order valence-corrected chi connectivity index (χ0v) is 9.75. The Labute approximate surface area is 99.3 Å². The largest absolute Gasteiger partial charge is 0.230 e. The Hall–Kier alpha value is -1.47. The summed E-state index contributed by atoms with van der Waals surface area (Å²) in [6.45, 7) is 0. The van der Waals surface area contributed by atoms with Gasteiger partial charge in [0.1, 0.15) is 0 Å². The van der Waals surface area contributed by atoms with E-state index in [1.165, 1.54) is 4.70 Å². The van der Waals surface area contributed by atoms with E-state index in [1.807, 2.05) is 18.2 Å². The first-order valence-corrected chi connectivity index (χ1v) is 6.43. The highest BCUT2D eigenvalue weighted by Gasteiger charge is 2.05. The molecule has 0 fully saturated rings. The number of thioether (sulfide) groups is 1. The van der Waals surface area contributed by atoms with Crippen molar-refractivity contribution in [3.05, 3.63) is 30.1 Å². The minimum absolute atomic E-state index is 0.691. The van der Waals surface area contributed by atoms with Crippen LogP contribution in [0.25, 0.3) is 10.2 Å². The molecule has 0 saturated carbocycles. The highest BCUT2D eigenvalue weighted by molar-refractivity contribution is 8.00. The number of benzene rings is 1. The molecule has 3 aromatic rings. The summed E-state index contributed by atoms with van der Waals surface area (Å²) < 4.78 is 2.24. The Bertz CT molecular complexity index is 556. The van der Waals surface area contributed by atoms with E-state index in [0.29, 0.717) is 11.6 Å². The Morgan fingerprint density at radius 3 is 3.06 bits per heavy atom. The maximum atomic E-state index is 4.51. The van der Waals surface area contributed by atoms with Crippen LogP contribution in [0.1, 0.15) is 5.82 Å². The minimum atomic E-state index is 0.691. The van der Waals surface area contributed by atoms with Crippen LogP contribution in [-0.2, 0) is 5.75 Å². The summed E-state index contributed by atoms with van der Waals surface area (Å²) in [6.07, 6.45) is 0. The third kappa shape index (κ3) is 1.91. The number of para-hydroxylation sites is 1. The van der Waals surface area contributed by atoms with Gasteiger partial charge in [-0.25, -0.2) is 4.98 Å². The number of H-pyrrole nitrogens is 1. The monoisotopic (exact) mass is 249 g/mol. The molecule has 0 spiro atoms. The van der Waals surface area contributed by atoms with E-state index in [1.54, 1.807) is 23.1 Å². The van der Waals surface area contributed by atoms with Gasteiger partial charge in [-0.1, -0.05) is 29.1 Å². The summed E-state index contributed by atoms with van der Waals surface area (Å²) in [5.41, 5.74) is 1.04. The van der Waals surface area contributed by atoms with Crippen LogP contribution >= 0.6 is 23.1 Å². The maximum absolute atomic E-state index is 4.51. The predicted molar refractivity (Wildman–Crippen MR) is 63.4 cm³/mol. The van der Waals surface area contributed by atoms with Crippen molar-refractivity contribution in [2.24, 2.45) is 0 Å². The van der Waals surface area contributed by atoms with Crippen molar-refractivity contribution in [3.8, 4) is 0 Å². The molecule has 0 atom stereocenters. The number of rotatable bonds is 3. The standard InChI is InChI=1S/C9H7N5S2/c1-2-4-7-6(3-1)10-9(16-7)15-5-8-11-13-14-12-8/h1-4H,5H2,(H,11,12,13,14). The Kier molecular flexibility index (Phi) is 2.55. The van der Waals surface area contributed by atoms with Crippen LogP contribution in [0.5, 0.6) is 0 Å². The van der Waals surface area contributed by atoms with Gasteiger partial charge < -0.3 is 0 Å². The molecule has 0 bridgehead atoms. The second-order valence-electron chi connectivity index (χ2n) is 3.06. The first kappa shape index (κ1) is 9.73. The van der Waals surface area contributed by atoms with Gasteiger partial charge in [-0.05, 0) is 12.1 Å². The zero-order valence-electron chi connectivity index (χ0n) is 8.12. The van der Waals surface area contributed by atoms with Crippen molar-refractivity contribution in [3.63, 3.8) is 0 Å². The average Bonchev–Trinajstić information content (AvgIpc) is 2.95. The fourth-order valence-electron chi connectivity index (χ4n) is 1.28. The zero-order chi connectivity index (χ0) is 10.8. The molecule has 5 nitrogen and oxygen atoms in total. The first-order chi connectivity index (χ1) is 7.92. The number of aromatic nitrogens is 5. The summed E-state index contributed by atoms with van der Waals surface area (Å²) in [5, 5.41) is 13.7. The van der Waals surface area contributed by atoms with E-state index in [2.05, 4.69) is 31.7 Å². The van der Waals surface area contributed by atoms with Gasteiger partial charge in [0, 0.05) is 0 Å². The number of nitrogens with one attached hydrogen (secondary N) is 1. The lowest BCUT2D eigenvalue weighted by Crippen LogP contribution is -1.83. The minimum Gasteiger partial charge on any atom is -0.230 e. The van der Waals surface area contributed by atoms with Gasteiger partial charge >= 0.3 is 0 Å². The second-order valence-corrected chi connectivity index (χ2v) is 5.32. The summed E-state index contributed by atoms with van der Waals surface area (Å²) >= 11 is 3.31. The van der Waals surface area contributed by atoms with E-state index >= 15 is 0 Å². The van der Waals surface area contributed by atoms with E-state index < -0.39 is 0 Å². The van der Waals surface area contributed by atoms with Crippen LogP contribution in [-0.4, -0.2) is 25.6 Å². The molecule has 0 aliphatic rings. The smallest absolute Gasteiger partial charge is 0.184 e. The normalized spacial score (nSPS) is 11.0. The molecular weight excluding hydrogens is 242 g/mol. The molecule has 1 N–H and O–H groups in total. The van der Waals surface area contributed by atoms with Gasteiger partial charge in [0.05, 0.1) is 16.0 Å². The van der Waals surface area contributed by atoms with Crippen molar-refractivity contribution in [2.45, 2.75) is 10.1 Å². The maximum Gasteiger partial charge on any atom is 0.184 e. The topological polar surface area (TPSA) is 67.3 Å². The fourth-order valence-corrected chi connectivity index (χ4v) is 3.20. The van der Waals surface area contributed by atoms with E-state index in [4.69, 9.17) is 0 Å². The van der Waals surface area contributed by atoms with E-state index in [0.717, 1.165) is 9.86 Å². The lowest BCUT2D eigenvalue weighted by atomic mass is 10.3. The fraction of sp³-hybridized carbons (Fsp3) is 0.111. The van der Waals surface area contributed by atoms with Gasteiger partial charge in [0.25, 0.3) is 0 Å². The third-order valence-corrected chi connectivity index (χ3v) is 4.16. The second kappa shape index (κ2) is 4.18. The van der Waals surface area contributed by atoms with Crippen molar-refractivity contribution >= 4 is 33.3 Å². The molecule has 0 radical (unpaired) electrons. The highest BCUT2D eigenvalue weighted by Crippen LogP contribution is 2.30. The van der Waals surface area contributed by atoms with Crippen molar-refractivity contribution in [1.29, 1.82) is 0 Å². The number of hydrogen-bond donors (Lipinski definition) is 1. The predicted octanol–water partition coefficient (Wildman–Crippen LogP) is 2.10. The third-order valence-electron chi connectivity index (χ3n) is 1.99. The summed E-state index contributed by atoms with van der Waals surface area (Å²) in [7, 11) is 0. The number of aromatic amines is 1. The van der Waals surface area contributed by atoms with Crippen LogP contribution in [0.4, 0.5) is 0 Å². The molecule has 80 valence electrons. The van der Waals surface area contributed by atoms with Gasteiger partial charge in [-0.15, -0.1) is 21.5 Å². The van der Waals surface area contributed by atoms with Crippen molar-refractivity contribution < 1.29 is 0 Å². The molecule has 16 heavy (non-hydrogen) atoms. The molecule has 0 aliphatic heterocycles. The summed E-state index contributed by atoms with van der Waals surface area (Å²) in [4.78, 5) is 4.51. The lowest BCUT2D eigenvalue weighted by molar-refractivity contribution is 0.881. The molecular formula is C9H7N5S2. The quantitative estimate of drug-likeness (QED) is 0.720. The molecule has 0 saturated heterocycles. The van der Waals surface area contributed by atoms with Gasteiger partial charge in [0.2, 0.25) is 0 Å². The van der Waals surface area contributed by atoms with Crippen LogP contribution in [0, 0.1) is 0 Å². The number of nitrogens with zero attached hydrogens (tertiary/aromatic N) is 4. The molecule has 2 aromatic heterocycles. The average molecular weight is 249 g/mol. The van der Waals surface area contributed by atoms with Crippen molar-refractivity contribution in [2.75, 3.05) is 0 Å². The number of fused-ring (bicyclic) bond motifs is 1. The molecule has 3 rings (SSSR count). The molecule has 0 amide bonds. The van der Waals surface area contributed by atoms with E-state index in [9.17, 15) is 0 Å². The van der Waals surface area contributed by atoms with Crippen LogP contribution < -0.4 is 0 Å². The highest BCUT2D eigenvalue weighted by atomic mass is 32.2. The Balaban J connectivity index is 1.79.